The lowest BCUT2D eigenvalue weighted by atomic mass is 10.1. The summed E-state index contributed by atoms with van der Waals surface area (Å²) in [5.41, 5.74) is 2.15. The Kier molecular flexibility index (Phi) is 5.18. The zero-order chi connectivity index (χ0) is 15.4. The van der Waals surface area contributed by atoms with Crippen molar-refractivity contribution in [3.8, 4) is 0 Å². The van der Waals surface area contributed by atoms with Crippen molar-refractivity contribution in [1.82, 2.24) is 14.9 Å². The lowest BCUT2D eigenvalue weighted by Crippen LogP contribution is -2.45. The molecule has 0 bridgehead atoms. The molecule has 4 nitrogen and oxygen atoms in total. The first-order valence-corrected chi connectivity index (χ1v) is 8.67. The number of hydrogen-bond acceptors (Lipinski definition) is 5. The first kappa shape index (κ1) is 15.6. The van der Waals surface area contributed by atoms with Crippen molar-refractivity contribution in [3.63, 3.8) is 0 Å². The molecular formula is C17H23N3OS. The summed E-state index contributed by atoms with van der Waals surface area (Å²) in [4.78, 5) is 14.2. The van der Waals surface area contributed by atoms with Crippen LogP contribution in [0.25, 0.3) is 0 Å². The Labute approximate surface area is 136 Å². The molecule has 3 heterocycles. The van der Waals surface area contributed by atoms with Crippen LogP contribution in [0.15, 0.2) is 24.5 Å². The third-order valence-corrected chi connectivity index (χ3v) is 5.19. The number of ether oxygens (including phenoxy) is 1. The van der Waals surface area contributed by atoms with Crippen molar-refractivity contribution in [3.05, 3.63) is 45.7 Å². The van der Waals surface area contributed by atoms with E-state index in [0.29, 0.717) is 6.04 Å². The van der Waals surface area contributed by atoms with Gasteiger partial charge in [-0.05, 0) is 38.8 Å². The maximum atomic E-state index is 5.70. The third-order valence-electron chi connectivity index (χ3n) is 4.20. The molecule has 0 radical (unpaired) electrons. The zero-order valence-corrected chi connectivity index (χ0v) is 14.1. The second-order valence-corrected chi connectivity index (χ2v) is 7.21. The van der Waals surface area contributed by atoms with Gasteiger partial charge in [-0.1, -0.05) is 0 Å². The maximum absolute atomic E-state index is 5.70. The third kappa shape index (κ3) is 3.91. The number of rotatable bonds is 5. The van der Waals surface area contributed by atoms with Crippen molar-refractivity contribution >= 4 is 11.3 Å². The van der Waals surface area contributed by atoms with E-state index in [4.69, 9.17) is 4.74 Å². The highest BCUT2D eigenvalue weighted by Gasteiger charge is 2.23. The summed E-state index contributed by atoms with van der Waals surface area (Å²) in [5.74, 6) is 0. The van der Waals surface area contributed by atoms with E-state index >= 15 is 0 Å². The van der Waals surface area contributed by atoms with Gasteiger partial charge < -0.3 is 4.74 Å². The van der Waals surface area contributed by atoms with Gasteiger partial charge in [-0.25, -0.2) is 0 Å². The minimum Gasteiger partial charge on any atom is -0.378 e. The minimum atomic E-state index is 0.470. The normalized spacial score (nSPS) is 19.5. The molecule has 0 aromatic carbocycles. The van der Waals surface area contributed by atoms with Crippen molar-refractivity contribution in [1.29, 1.82) is 0 Å². The predicted molar refractivity (Wildman–Crippen MR) is 89.2 cm³/mol. The molecule has 2 aromatic rings. The summed E-state index contributed by atoms with van der Waals surface area (Å²) in [6.07, 6.45) is 5.58. The molecule has 1 aliphatic heterocycles. The quantitative estimate of drug-likeness (QED) is 0.850. The van der Waals surface area contributed by atoms with Crippen LogP contribution in [0.5, 0.6) is 0 Å². The SMILES string of the molecule is Cc1ccc(CN2CCOC[C@@H]2CCc2nccnc2C)s1. The Hall–Kier alpha value is -1.30. The molecule has 1 saturated heterocycles. The summed E-state index contributed by atoms with van der Waals surface area (Å²) < 4.78 is 5.70. The molecule has 2 aromatic heterocycles. The van der Waals surface area contributed by atoms with Crippen LogP contribution in [-0.4, -0.2) is 40.7 Å². The predicted octanol–water partition coefficient (Wildman–Crippen LogP) is 2.99. The van der Waals surface area contributed by atoms with Crippen molar-refractivity contribution in [2.45, 2.75) is 39.3 Å². The fourth-order valence-electron chi connectivity index (χ4n) is 2.92. The van der Waals surface area contributed by atoms with E-state index in [0.717, 1.165) is 50.5 Å². The minimum absolute atomic E-state index is 0.470. The van der Waals surface area contributed by atoms with Crippen molar-refractivity contribution in [2.75, 3.05) is 19.8 Å². The Morgan fingerprint density at radius 2 is 2.14 bits per heavy atom. The van der Waals surface area contributed by atoms with E-state index in [9.17, 15) is 0 Å². The number of aryl methyl sites for hydroxylation is 3. The van der Waals surface area contributed by atoms with Crippen LogP contribution in [0, 0.1) is 13.8 Å². The summed E-state index contributed by atoms with van der Waals surface area (Å²) in [5, 5.41) is 0. The summed E-state index contributed by atoms with van der Waals surface area (Å²) in [7, 11) is 0. The lowest BCUT2D eigenvalue weighted by Gasteiger charge is -2.35. The van der Waals surface area contributed by atoms with Gasteiger partial charge in [0.05, 0.1) is 24.6 Å². The molecule has 5 heteroatoms. The fourth-order valence-corrected chi connectivity index (χ4v) is 3.83. The van der Waals surface area contributed by atoms with Gasteiger partial charge >= 0.3 is 0 Å². The first-order chi connectivity index (χ1) is 10.7. The molecule has 0 saturated carbocycles. The maximum Gasteiger partial charge on any atom is 0.0622 e. The molecule has 118 valence electrons. The Morgan fingerprint density at radius 1 is 1.27 bits per heavy atom. The van der Waals surface area contributed by atoms with Crippen LogP contribution >= 0.6 is 11.3 Å². The highest BCUT2D eigenvalue weighted by Crippen LogP contribution is 2.21. The van der Waals surface area contributed by atoms with Gasteiger partial charge in [0.25, 0.3) is 0 Å². The van der Waals surface area contributed by atoms with Gasteiger partial charge in [0, 0.05) is 41.3 Å². The molecule has 0 N–H and O–H groups in total. The zero-order valence-electron chi connectivity index (χ0n) is 13.3. The van der Waals surface area contributed by atoms with Crippen LogP contribution in [0.1, 0.15) is 27.6 Å². The summed E-state index contributed by atoms with van der Waals surface area (Å²) >= 11 is 1.90. The highest BCUT2D eigenvalue weighted by atomic mass is 32.1. The second kappa shape index (κ2) is 7.31. The summed E-state index contributed by atoms with van der Waals surface area (Å²) in [6.45, 7) is 7.91. The fraction of sp³-hybridized carbons (Fsp3) is 0.529. The van der Waals surface area contributed by atoms with Gasteiger partial charge in [-0.15, -0.1) is 11.3 Å². The number of thiophene rings is 1. The van der Waals surface area contributed by atoms with Crippen LogP contribution in [0.2, 0.25) is 0 Å². The van der Waals surface area contributed by atoms with Gasteiger partial charge in [-0.3, -0.25) is 14.9 Å². The molecule has 1 aliphatic rings. The largest absolute Gasteiger partial charge is 0.378 e. The van der Waals surface area contributed by atoms with E-state index in [-0.39, 0.29) is 0 Å². The smallest absolute Gasteiger partial charge is 0.0622 e. The van der Waals surface area contributed by atoms with E-state index in [1.807, 2.05) is 18.3 Å². The van der Waals surface area contributed by atoms with Crippen LogP contribution in [0.4, 0.5) is 0 Å². The number of hydrogen-bond donors (Lipinski definition) is 0. The Balaban J connectivity index is 1.61. The number of morpholine rings is 1. The molecule has 0 amide bonds. The van der Waals surface area contributed by atoms with Gasteiger partial charge in [0.15, 0.2) is 0 Å². The van der Waals surface area contributed by atoms with Crippen LogP contribution in [0.3, 0.4) is 0 Å². The van der Waals surface area contributed by atoms with E-state index < -0.39 is 0 Å². The average Bonchev–Trinajstić information content (AvgIpc) is 2.93. The van der Waals surface area contributed by atoms with E-state index in [1.165, 1.54) is 9.75 Å². The highest BCUT2D eigenvalue weighted by molar-refractivity contribution is 7.11. The monoisotopic (exact) mass is 317 g/mol. The lowest BCUT2D eigenvalue weighted by molar-refractivity contribution is -0.0139. The standard InChI is InChI=1S/C17H23N3OS/c1-13-3-5-16(22-13)11-20-9-10-21-12-15(20)4-6-17-14(2)18-7-8-19-17/h3,5,7-8,15H,4,6,9-12H2,1-2H3/t15-/m0/s1. The Morgan fingerprint density at radius 3 is 2.91 bits per heavy atom. The number of nitrogens with zero attached hydrogens (tertiary/aromatic N) is 3. The molecule has 1 fully saturated rings. The molecule has 0 aliphatic carbocycles. The van der Waals surface area contributed by atoms with Crippen LogP contribution in [-0.2, 0) is 17.7 Å². The summed E-state index contributed by atoms with van der Waals surface area (Å²) in [6, 6.07) is 4.93. The molecule has 0 spiro atoms. The molecule has 3 rings (SSSR count). The Bertz CT molecular complexity index is 613. The second-order valence-electron chi connectivity index (χ2n) is 5.84. The van der Waals surface area contributed by atoms with Crippen molar-refractivity contribution in [2.24, 2.45) is 0 Å². The molecule has 22 heavy (non-hydrogen) atoms. The first-order valence-electron chi connectivity index (χ1n) is 7.86. The molecular weight excluding hydrogens is 294 g/mol. The topological polar surface area (TPSA) is 38.2 Å². The molecule has 0 unspecified atom stereocenters. The van der Waals surface area contributed by atoms with E-state index in [2.05, 4.69) is 33.9 Å². The van der Waals surface area contributed by atoms with Crippen molar-refractivity contribution < 1.29 is 4.74 Å². The molecule has 1 atom stereocenters. The van der Waals surface area contributed by atoms with Crippen LogP contribution < -0.4 is 0 Å². The van der Waals surface area contributed by atoms with Gasteiger partial charge in [-0.2, -0.15) is 0 Å². The van der Waals surface area contributed by atoms with Gasteiger partial charge in [0.2, 0.25) is 0 Å². The average molecular weight is 317 g/mol. The number of aromatic nitrogens is 2. The van der Waals surface area contributed by atoms with Gasteiger partial charge in [0.1, 0.15) is 0 Å². The van der Waals surface area contributed by atoms with E-state index in [1.54, 1.807) is 12.4 Å².